The number of benzene rings is 2. The molecule has 1 amide bonds. The van der Waals surface area contributed by atoms with Crippen LogP contribution in [-0.4, -0.2) is 22.1 Å². The van der Waals surface area contributed by atoms with Crippen LogP contribution in [0.2, 0.25) is 0 Å². The predicted octanol–water partition coefficient (Wildman–Crippen LogP) is 2.54. The second-order valence-corrected chi connectivity index (χ2v) is 5.05. The first-order valence-corrected chi connectivity index (χ1v) is 6.70. The molecule has 0 saturated carbocycles. The monoisotopic (exact) mass is 295 g/mol. The number of phenols is 1. The lowest BCUT2D eigenvalue weighted by Gasteiger charge is -2.05. The van der Waals surface area contributed by atoms with Gasteiger partial charge in [0.15, 0.2) is 0 Å². The molecule has 3 N–H and O–H groups in total. The van der Waals surface area contributed by atoms with Gasteiger partial charge in [0.2, 0.25) is 5.91 Å². The van der Waals surface area contributed by atoms with Gasteiger partial charge in [-0.3, -0.25) is 4.79 Å². The minimum atomic E-state index is -1.17. The molecule has 22 heavy (non-hydrogen) atoms. The van der Waals surface area contributed by atoms with Crippen molar-refractivity contribution in [3.05, 3.63) is 59.7 Å². The van der Waals surface area contributed by atoms with Gasteiger partial charge in [0.25, 0.3) is 0 Å². The summed E-state index contributed by atoms with van der Waals surface area (Å²) in [7, 11) is 0. The van der Waals surface area contributed by atoms with Gasteiger partial charge in [0, 0.05) is 17.8 Å². The zero-order valence-electron chi connectivity index (χ0n) is 11.5. The lowest BCUT2D eigenvalue weighted by molar-refractivity contribution is -0.131. The number of aliphatic carboxylic acids is 1. The first-order chi connectivity index (χ1) is 10.5. The quantitative estimate of drug-likeness (QED) is 0.648. The highest BCUT2D eigenvalue weighted by atomic mass is 16.4. The van der Waals surface area contributed by atoms with Crippen molar-refractivity contribution >= 4 is 17.6 Å². The van der Waals surface area contributed by atoms with Gasteiger partial charge in [0.05, 0.1) is 0 Å². The number of hydrogen-bond donors (Lipinski definition) is 3. The Morgan fingerprint density at radius 3 is 2.41 bits per heavy atom. The molecule has 2 aromatic rings. The Hall–Kier alpha value is -3.08. The Balaban J connectivity index is 1.82. The first kappa shape index (κ1) is 13.9. The molecular formula is C17H13NO4. The third kappa shape index (κ3) is 2.69. The van der Waals surface area contributed by atoms with Crippen molar-refractivity contribution in [2.75, 3.05) is 5.32 Å². The normalized spacial score (nSPS) is 12.0. The molecule has 0 spiro atoms. The zero-order valence-corrected chi connectivity index (χ0v) is 11.5. The lowest BCUT2D eigenvalue weighted by atomic mass is 10.1. The number of rotatable bonds is 3. The molecule has 3 rings (SSSR count). The molecule has 5 nitrogen and oxygen atoms in total. The van der Waals surface area contributed by atoms with Crippen molar-refractivity contribution in [1.82, 2.24) is 0 Å². The standard InChI is InChI=1S/C17H13NO4/c19-13-2-4-15-11(9-13)7-10-8-12(1-3-14(10)15)18-16(20)5-6-17(21)22/h1-6,8-9,19H,7H2,(H,18,20)(H,21,22)/b6-5-. The van der Waals surface area contributed by atoms with E-state index in [1.807, 2.05) is 18.2 Å². The summed E-state index contributed by atoms with van der Waals surface area (Å²) in [5.41, 5.74) is 4.87. The molecule has 0 heterocycles. The predicted molar refractivity (Wildman–Crippen MR) is 81.8 cm³/mol. The van der Waals surface area contributed by atoms with Crippen LogP contribution in [0.5, 0.6) is 5.75 Å². The molecule has 5 heteroatoms. The van der Waals surface area contributed by atoms with Gasteiger partial charge in [-0.05, 0) is 52.9 Å². The third-order valence-corrected chi connectivity index (χ3v) is 3.51. The van der Waals surface area contributed by atoms with Gasteiger partial charge in [-0.25, -0.2) is 4.79 Å². The second kappa shape index (κ2) is 5.37. The number of fused-ring (bicyclic) bond motifs is 3. The van der Waals surface area contributed by atoms with Crippen molar-refractivity contribution in [3.63, 3.8) is 0 Å². The Kier molecular flexibility index (Phi) is 3.39. The Bertz CT molecular complexity index is 808. The number of hydrogen-bond acceptors (Lipinski definition) is 3. The topological polar surface area (TPSA) is 86.6 Å². The van der Waals surface area contributed by atoms with Crippen LogP contribution in [0.15, 0.2) is 48.6 Å². The summed E-state index contributed by atoms with van der Waals surface area (Å²) < 4.78 is 0. The van der Waals surface area contributed by atoms with Crippen molar-refractivity contribution < 1.29 is 19.8 Å². The van der Waals surface area contributed by atoms with Gasteiger partial charge in [-0.2, -0.15) is 0 Å². The van der Waals surface area contributed by atoms with Gasteiger partial charge in [-0.15, -0.1) is 0 Å². The maximum absolute atomic E-state index is 11.6. The van der Waals surface area contributed by atoms with E-state index in [4.69, 9.17) is 5.11 Å². The molecule has 0 aromatic heterocycles. The van der Waals surface area contributed by atoms with E-state index in [2.05, 4.69) is 5.32 Å². The van der Waals surface area contributed by atoms with Crippen LogP contribution in [0.4, 0.5) is 5.69 Å². The molecule has 1 aliphatic rings. The molecule has 0 atom stereocenters. The van der Waals surface area contributed by atoms with Crippen LogP contribution in [0.25, 0.3) is 11.1 Å². The SMILES string of the molecule is O=C(O)/C=C\C(=O)Nc1ccc2c(c1)Cc1cc(O)ccc1-2. The highest BCUT2D eigenvalue weighted by Gasteiger charge is 2.19. The smallest absolute Gasteiger partial charge is 0.328 e. The number of nitrogens with one attached hydrogen (secondary N) is 1. The van der Waals surface area contributed by atoms with Crippen LogP contribution in [0.3, 0.4) is 0 Å². The maximum Gasteiger partial charge on any atom is 0.328 e. The first-order valence-electron chi connectivity index (χ1n) is 6.70. The van der Waals surface area contributed by atoms with E-state index in [1.165, 1.54) is 0 Å². The fourth-order valence-corrected chi connectivity index (χ4v) is 2.61. The molecule has 1 aliphatic carbocycles. The summed E-state index contributed by atoms with van der Waals surface area (Å²) >= 11 is 0. The number of carboxylic acids is 1. The summed E-state index contributed by atoms with van der Waals surface area (Å²) in [4.78, 5) is 22.0. The fourth-order valence-electron chi connectivity index (χ4n) is 2.61. The number of anilines is 1. The van der Waals surface area contributed by atoms with Gasteiger partial charge in [0.1, 0.15) is 5.75 Å². The molecule has 110 valence electrons. The van der Waals surface area contributed by atoms with Gasteiger partial charge >= 0.3 is 5.97 Å². The summed E-state index contributed by atoms with van der Waals surface area (Å²) in [5.74, 6) is -1.42. The molecule has 0 fully saturated rings. The summed E-state index contributed by atoms with van der Waals surface area (Å²) in [6.07, 6.45) is 2.46. The largest absolute Gasteiger partial charge is 0.508 e. The van der Waals surface area contributed by atoms with E-state index < -0.39 is 11.9 Å². The fraction of sp³-hybridized carbons (Fsp3) is 0.0588. The summed E-state index contributed by atoms with van der Waals surface area (Å²) in [6, 6.07) is 10.8. The number of carboxylic acid groups (broad SMARTS) is 1. The van der Waals surface area contributed by atoms with Crippen molar-refractivity contribution in [2.24, 2.45) is 0 Å². The van der Waals surface area contributed by atoms with E-state index in [9.17, 15) is 14.7 Å². The molecule has 0 aliphatic heterocycles. The van der Waals surface area contributed by atoms with Crippen LogP contribution in [-0.2, 0) is 16.0 Å². The van der Waals surface area contributed by atoms with E-state index in [1.54, 1.807) is 18.2 Å². The van der Waals surface area contributed by atoms with E-state index in [0.717, 1.165) is 34.4 Å². The average molecular weight is 295 g/mol. The summed E-state index contributed by atoms with van der Waals surface area (Å²) in [5, 5.41) is 20.7. The van der Waals surface area contributed by atoms with Crippen LogP contribution >= 0.6 is 0 Å². The second-order valence-electron chi connectivity index (χ2n) is 5.05. The third-order valence-electron chi connectivity index (χ3n) is 3.51. The van der Waals surface area contributed by atoms with Gasteiger partial charge in [-0.1, -0.05) is 12.1 Å². The number of carbonyl (C=O) groups is 2. The average Bonchev–Trinajstić information content (AvgIpc) is 2.81. The highest BCUT2D eigenvalue weighted by Crippen LogP contribution is 2.39. The minimum absolute atomic E-state index is 0.235. The van der Waals surface area contributed by atoms with E-state index in [-0.39, 0.29) is 5.75 Å². The number of phenolic OH excluding ortho intramolecular Hbond substituents is 1. The Labute approximate surface area is 126 Å². The minimum Gasteiger partial charge on any atom is -0.508 e. The molecular weight excluding hydrogens is 282 g/mol. The molecule has 0 unspecified atom stereocenters. The number of aromatic hydroxyl groups is 1. The molecule has 0 bridgehead atoms. The lowest BCUT2D eigenvalue weighted by Crippen LogP contribution is -2.08. The molecule has 0 radical (unpaired) electrons. The van der Waals surface area contributed by atoms with Gasteiger partial charge < -0.3 is 15.5 Å². The molecule has 0 saturated heterocycles. The highest BCUT2D eigenvalue weighted by molar-refractivity contribution is 6.02. The number of carbonyl (C=O) groups excluding carboxylic acids is 1. The Morgan fingerprint density at radius 1 is 1.00 bits per heavy atom. The Morgan fingerprint density at radius 2 is 1.68 bits per heavy atom. The van der Waals surface area contributed by atoms with Crippen LogP contribution < -0.4 is 5.32 Å². The zero-order chi connectivity index (χ0) is 15.7. The van der Waals surface area contributed by atoms with Crippen LogP contribution in [0, 0.1) is 0 Å². The maximum atomic E-state index is 11.6. The van der Waals surface area contributed by atoms with Crippen molar-refractivity contribution in [3.8, 4) is 16.9 Å². The van der Waals surface area contributed by atoms with E-state index >= 15 is 0 Å². The summed E-state index contributed by atoms with van der Waals surface area (Å²) in [6.45, 7) is 0. The van der Waals surface area contributed by atoms with E-state index in [0.29, 0.717) is 12.1 Å². The molecule has 2 aromatic carbocycles. The van der Waals surface area contributed by atoms with Crippen molar-refractivity contribution in [2.45, 2.75) is 6.42 Å². The van der Waals surface area contributed by atoms with Crippen molar-refractivity contribution in [1.29, 1.82) is 0 Å². The van der Waals surface area contributed by atoms with Crippen LogP contribution in [0.1, 0.15) is 11.1 Å². The number of amides is 1.